The van der Waals surface area contributed by atoms with Crippen LogP contribution in [0.15, 0.2) is 36.4 Å². The highest BCUT2D eigenvalue weighted by Gasteiger charge is 2.35. The van der Waals surface area contributed by atoms with Gasteiger partial charge in [0, 0.05) is 83.3 Å². The zero-order chi connectivity index (χ0) is 33.0. The first-order chi connectivity index (χ1) is 21.9. The molecule has 10 nitrogen and oxygen atoms in total. The van der Waals surface area contributed by atoms with Crippen molar-refractivity contribution < 1.29 is 28.1 Å². The maximum absolute atomic E-state index is 14.2. The van der Waals surface area contributed by atoms with Gasteiger partial charge in [-0.05, 0) is 60.6 Å². The highest BCUT2D eigenvalue weighted by molar-refractivity contribution is 7.85. The minimum atomic E-state index is -0.986. The van der Waals surface area contributed by atoms with Gasteiger partial charge in [-0.1, -0.05) is 39.2 Å². The van der Waals surface area contributed by atoms with E-state index in [0.29, 0.717) is 54.6 Å². The standard InChI is InChI=1S/C27H30FN3O2.C7H14N2O3S/c1-27(2)14-23-25(20-11-9-17(28)13-22(20)31(23)24(32)15-27)16-8-10-19(26(29)33)21(12-16)30-18-6-4-3-5-7-18;10-7(11)8-1-2-9-3-5-13(12)6-4-9/h8-13,18,30H,3-7,14-15H2,1-2H3,(H2,29,33);8H,1-6H2,(H,10,11). The number of nitrogens with two attached hydrogens (primary N) is 1. The Morgan fingerprint density at radius 2 is 1.78 bits per heavy atom. The summed E-state index contributed by atoms with van der Waals surface area (Å²) in [6, 6.07) is 10.6. The summed E-state index contributed by atoms with van der Waals surface area (Å²) >= 11 is 0. The molecule has 1 saturated heterocycles. The summed E-state index contributed by atoms with van der Waals surface area (Å²) in [5, 5.41) is 15.0. The molecule has 5 N–H and O–H groups in total. The summed E-state index contributed by atoms with van der Waals surface area (Å²) in [6.07, 6.45) is 5.84. The van der Waals surface area contributed by atoms with E-state index in [1.165, 1.54) is 31.4 Å². The topological polar surface area (TPSA) is 147 Å². The molecular formula is C34H44FN5O5S. The van der Waals surface area contributed by atoms with Gasteiger partial charge in [0.2, 0.25) is 5.91 Å². The highest BCUT2D eigenvalue weighted by Crippen LogP contribution is 2.43. The molecule has 3 heterocycles. The van der Waals surface area contributed by atoms with E-state index in [2.05, 4.69) is 29.4 Å². The third kappa shape index (κ3) is 7.95. The SMILES string of the molecule is CC1(C)CC(=O)n2c(c(-c3ccc(C(N)=O)c(NC4CCCCC4)c3)c3ccc(F)cc32)C1.O=C(O)NCCN1CCS(=O)CC1. The van der Waals surface area contributed by atoms with Crippen molar-refractivity contribution in [2.75, 3.05) is 43.0 Å². The van der Waals surface area contributed by atoms with Crippen LogP contribution in [0.1, 0.15) is 73.2 Å². The second kappa shape index (κ2) is 14.3. The Morgan fingerprint density at radius 3 is 2.46 bits per heavy atom. The van der Waals surface area contributed by atoms with E-state index in [-0.39, 0.29) is 17.1 Å². The number of amides is 2. The molecule has 2 amide bonds. The van der Waals surface area contributed by atoms with Gasteiger partial charge in [-0.2, -0.15) is 0 Å². The van der Waals surface area contributed by atoms with Gasteiger partial charge in [-0.3, -0.25) is 23.3 Å². The molecule has 2 aliphatic heterocycles. The fourth-order valence-corrected chi connectivity index (χ4v) is 7.94. The quantitative estimate of drug-likeness (QED) is 0.273. The number of benzene rings is 2. The molecule has 1 aromatic heterocycles. The van der Waals surface area contributed by atoms with Crippen molar-refractivity contribution in [3.8, 4) is 11.1 Å². The molecule has 0 atom stereocenters. The fourth-order valence-electron chi connectivity index (χ4n) is 6.81. The zero-order valence-corrected chi connectivity index (χ0v) is 27.4. The lowest BCUT2D eigenvalue weighted by Crippen LogP contribution is -2.42. The second-order valence-corrected chi connectivity index (χ2v) is 15.0. The van der Waals surface area contributed by atoms with E-state index in [4.69, 9.17) is 10.8 Å². The normalized spacial score (nSPS) is 18.8. The van der Waals surface area contributed by atoms with E-state index in [0.717, 1.165) is 53.8 Å². The number of rotatable bonds is 7. The van der Waals surface area contributed by atoms with Gasteiger partial charge in [0.1, 0.15) is 5.82 Å². The van der Waals surface area contributed by atoms with Crippen LogP contribution >= 0.6 is 0 Å². The molecule has 2 aromatic carbocycles. The van der Waals surface area contributed by atoms with Crippen LogP contribution < -0.4 is 16.4 Å². The van der Waals surface area contributed by atoms with Gasteiger partial charge in [0.15, 0.2) is 0 Å². The van der Waals surface area contributed by atoms with Crippen molar-refractivity contribution in [2.45, 2.75) is 64.8 Å². The minimum absolute atomic E-state index is 0.0163. The Morgan fingerprint density at radius 1 is 1.07 bits per heavy atom. The molecule has 0 radical (unpaired) electrons. The Balaban J connectivity index is 0.000000270. The second-order valence-electron chi connectivity index (χ2n) is 13.3. The summed E-state index contributed by atoms with van der Waals surface area (Å²) < 4.78 is 26.8. The first-order valence-electron chi connectivity index (χ1n) is 16.0. The van der Waals surface area contributed by atoms with Gasteiger partial charge in [0.05, 0.1) is 11.1 Å². The van der Waals surface area contributed by atoms with Gasteiger partial charge >= 0.3 is 6.09 Å². The average Bonchev–Trinajstić information content (AvgIpc) is 3.31. The summed E-state index contributed by atoms with van der Waals surface area (Å²) in [7, 11) is -0.654. The number of nitrogens with one attached hydrogen (secondary N) is 2. The van der Waals surface area contributed by atoms with Crippen LogP contribution in [-0.4, -0.2) is 80.4 Å². The predicted molar refractivity (Wildman–Crippen MR) is 179 cm³/mol. The largest absolute Gasteiger partial charge is 0.465 e. The molecule has 12 heteroatoms. The predicted octanol–water partition coefficient (Wildman–Crippen LogP) is 5.22. The number of carbonyl (C=O) groups is 3. The van der Waals surface area contributed by atoms with E-state index in [9.17, 15) is 23.0 Å². The summed E-state index contributed by atoms with van der Waals surface area (Å²) in [5.41, 5.74) is 10.0. The number of aromatic nitrogens is 1. The van der Waals surface area contributed by atoms with E-state index < -0.39 is 22.8 Å². The van der Waals surface area contributed by atoms with E-state index in [1.54, 1.807) is 16.7 Å². The average molecular weight is 654 g/mol. The van der Waals surface area contributed by atoms with Crippen LogP contribution in [0.25, 0.3) is 22.0 Å². The highest BCUT2D eigenvalue weighted by atomic mass is 32.2. The van der Waals surface area contributed by atoms with Gasteiger partial charge in [0.25, 0.3) is 5.91 Å². The van der Waals surface area contributed by atoms with Gasteiger partial charge < -0.3 is 21.5 Å². The number of carboxylic acid groups (broad SMARTS) is 1. The van der Waals surface area contributed by atoms with E-state index >= 15 is 0 Å². The number of anilines is 1. The molecule has 3 aliphatic rings. The first kappa shape index (κ1) is 33.6. The Hall–Kier alpha value is -3.77. The monoisotopic (exact) mass is 653 g/mol. The van der Waals surface area contributed by atoms with Crippen LogP contribution in [0, 0.1) is 11.2 Å². The minimum Gasteiger partial charge on any atom is -0.465 e. The van der Waals surface area contributed by atoms with Crippen LogP contribution in [0.4, 0.5) is 14.9 Å². The lowest BCUT2D eigenvalue weighted by molar-refractivity contribution is 0.0816. The molecule has 2 fully saturated rings. The molecule has 46 heavy (non-hydrogen) atoms. The maximum atomic E-state index is 14.2. The molecule has 0 spiro atoms. The van der Waals surface area contributed by atoms with Crippen molar-refractivity contribution in [2.24, 2.45) is 11.1 Å². The summed E-state index contributed by atoms with van der Waals surface area (Å²) in [4.78, 5) is 37.5. The number of carbonyl (C=O) groups excluding carboxylic acids is 2. The van der Waals surface area contributed by atoms with Gasteiger partial charge in [-0.15, -0.1) is 0 Å². The van der Waals surface area contributed by atoms with Crippen LogP contribution in [-0.2, 0) is 17.2 Å². The molecular weight excluding hydrogens is 609 g/mol. The van der Waals surface area contributed by atoms with Crippen molar-refractivity contribution in [1.82, 2.24) is 14.8 Å². The lowest BCUT2D eigenvalue weighted by Gasteiger charge is -2.30. The van der Waals surface area contributed by atoms with Gasteiger partial charge in [-0.25, -0.2) is 9.18 Å². The number of fused-ring (bicyclic) bond motifs is 3. The molecule has 6 rings (SSSR count). The Bertz CT molecular complexity index is 1640. The lowest BCUT2D eigenvalue weighted by atomic mass is 9.80. The maximum Gasteiger partial charge on any atom is 0.404 e. The van der Waals surface area contributed by atoms with Crippen LogP contribution in [0.3, 0.4) is 0 Å². The number of primary amides is 1. The molecule has 3 aromatic rings. The number of nitrogens with zero attached hydrogens (tertiary/aromatic N) is 2. The molecule has 0 bridgehead atoms. The Labute approximate surface area is 271 Å². The van der Waals surface area contributed by atoms with Crippen LogP contribution in [0.2, 0.25) is 0 Å². The Kier molecular flexibility index (Phi) is 10.5. The molecule has 0 unspecified atom stereocenters. The van der Waals surface area contributed by atoms with E-state index in [1.807, 2.05) is 12.1 Å². The smallest absolute Gasteiger partial charge is 0.404 e. The summed E-state index contributed by atoms with van der Waals surface area (Å²) in [6.45, 7) is 6.96. The first-order valence-corrected chi connectivity index (χ1v) is 17.5. The van der Waals surface area contributed by atoms with Crippen molar-refractivity contribution >= 4 is 45.3 Å². The fraction of sp³-hybridized carbons (Fsp3) is 0.500. The number of halogens is 1. The van der Waals surface area contributed by atoms with Crippen LogP contribution in [0.5, 0.6) is 0 Å². The van der Waals surface area contributed by atoms with Crippen molar-refractivity contribution in [1.29, 1.82) is 0 Å². The van der Waals surface area contributed by atoms with Crippen molar-refractivity contribution in [3.63, 3.8) is 0 Å². The third-order valence-electron chi connectivity index (χ3n) is 9.07. The number of hydrogen-bond donors (Lipinski definition) is 4. The van der Waals surface area contributed by atoms with Crippen molar-refractivity contribution in [3.05, 3.63) is 53.5 Å². The molecule has 1 saturated carbocycles. The summed E-state index contributed by atoms with van der Waals surface area (Å²) in [5.74, 6) is 0.579. The third-order valence-corrected chi connectivity index (χ3v) is 10.3. The number of hydrogen-bond acceptors (Lipinski definition) is 6. The molecule has 1 aliphatic carbocycles. The zero-order valence-electron chi connectivity index (χ0n) is 26.6. The molecule has 248 valence electrons.